The van der Waals surface area contributed by atoms with Gasteiger partial charge >= 0.3 is 0 Å². The first kappa shape index (κ1) is 27.8. The van der Waals surface area contributed by atoms with Gasteiger partial charge in [0.2, 0.25) is 5.91 Å². The van der Waals surface area contributed by atoms with Crippen molar-refractivity contribution >= 4 is 34.8 Å². The van der Waals surface area contributed by atoms with Crippen LogP contribution in [-0.2, 0) is 24.0 Å². The van der Waals surface area contributed by atoms with E-state index in [1.807, 2.05) is 0 Å². The number of benzene rings is 1. The summed E-state index contributed by atoms with van der Waals surface area (Å²) in [7, 11) is 3.03. The third-order valence-electron chi connectivity index (χ3n) is 9.85. The van der Waals surface area contributed by atoms with Gasteiger partial charge in [-0.1, -0.05) is 39.8 Å². The summed E-state index contributed by atoms with van der Waals surface area (Å²) in [6.45, 7) is 6.51. The number of likely N-dealkylation sites (N-methyl/N-ethyl adjacent to an activating group) is 1. The quantitative estimate of drug-likeness (QED) is 0.469. The molecule has 3 aliphatic carbocycles. The molecule has 1 aromatic rings. The molecule has 0 saturated heterocycles. The second kappa shape index (κ2) is 8.64. The third-order valence-corrected chi connectivity index (χ3v) is 9.85. The predicted molar refractivity (Wildman–Crippen MR) is 134 cm³/mol. The predicted octanol–water partition coefficient (Wildman–Crippen LogP) is 0.804. The molecule has 2 fully saturated rings. The monoisotopic (exact) mass is 526 g/mol. The third kappa shape index (κ3) is 3.07. The van der Waals surface area contributed by atoms with Crippen LogP contribution in [0.2, 0.25) is 0 Å². The number of phenolic OH excluding ortho intramolecular Hbond substituents is 1. The topological polar surface area (TPSA) is 172 Å². The SMILES string of the molecule is CCC(=O)C[C@H]1[C@@]2(C)C(C(=O)c3c(O)cccc3[C@@H]2C)C(=O)[C@]2(O)C(=O)C(C(N)=O)C(=O)[C@@H](N(C)C)[C@]12C. The molecule has 4 N–H and O–H groups in total. The van der Waals surface area contributed by atoms with Crippen LogP contribution in [-0.4, -0.2) is 75.7 Å². The maximum Gasteiger partial charge on any atom is 0.235 e. The van der Waals surface area contributed by atoms with Crippen molar-refractivity contribution in [3.63, 3.8) is 0 Å². The summed E-state index contributed by atoms with van der Waals surface area (Å²) in [5, 5.41) is 22.9. The lowest BCUT2D eigenvalue weighted by atomic mass is 9.35. The summed E-state index contributed by atoms with van der Waals surface area (Å²) < 4.78 is 0. The van der Waals surface area contributed by atoms with Gasteiger partial charge in [-0.2, -0.15) is 0 Å². The zero-order valence-electron chi connectivity index (χ0n) is 22.4. The maximum absolute atomic E-state index is 14.4. The van der Waals surface area contributed by atoms with Crippen LogP contribution in [0.4, 0.5) is 0 Å². The largest absolute Gasteiger partial charge is 0.507 e. The minimum absolute atomic E-state index is 0.0847. The lowest BCUT2D eigenvalue weighted by Gasteiger charge is -2.67. The summed E-state index contributed by atoms with van der Waals surface area (Å²) in [5.74, 6) is -11.4. The fraction of sp³-hybridized carbons (Fsp3) is 0.571. The number of rotatable bonds is 5. The summed E-state index contributed by atoms with van der Waals surface area (Å²) in [4.78, 5) is 82.8. The molecule has 0 aromatic heterocycles. The summed E-state index contributed by atoms with van der Waals surface area (Å²) in [6.07, 6.45) is -0.120. The molecule has 1 aromatic carbocycles. The summed E-state index contributed by atoms with van der Waals surface area (Å²) in [6, 6.07) is 3.19. The Morgan fingerprint density at radius 1 is 1.08 bits per heavy atom. The minimum Gasteiger partial charge on any atom is -0.507 e. The van der Waals surface area contributed by atoms with Gasteiger partial charge < -0.3 is 15.9 Å². The molecule has 0 aliphatic heterocycles. The van der Waals surface area contributed by atoms with Gasteiger partial charge in [0.25, 0.3) is 0 Å². The van der Waals surface area contributed by atoms with Gasteiger partial charge in [-0.25, -0.2) is 0 Å². The molecule has 204 valence electrons. The number of phenols is 1. The van der Waals surface area contributed by atoms with Crippen molar-refractivity contribution in [2.75, 3.05) is 14.1 Å². The fourth-order valence-electron chi connectivity index (χ4n) is 7.91. The summed E-state index contributed by atoms with van der Waals surface area (Å²) in [5.41, 5.74) is -0.397. The van der Waals surface area contributed by atoms with Gasteiger partial charge in [-0.05, 0) is 43.0 Å². The highest BCUT2D eigenvalue weighted by atomic mass is 16.3. The van der Waals surface area contributed by atoms with E-state index in [1.165, 1.54) is 32.0 Å². The van der Waals surface area contributed by atoms with Crippen molar-refractivity contribution in [3.8, 4) is 5.75 Å². The average Bonchev–Trinajstić information content (AvgIpc) is 2.82. The standard InChI is InChI=1S/C28H34N2O8/c1-7-13(31)11-16-26(3)12(2)14-9-8-10-15(32)17(14)20(33)19(26)24(36)28(38)23(35)18(25(29)37)21(34)22(30(5)6)27(16,28)4/h8-10,12,16,18-19,22,32,38H,7,11H2,1-6H3,(H2,29,37)/t12-,16-,18?,19?,22+,26-,27-,28+/m0/s1. The smallest absolute Gasteiger partial charge is 0.235 e. The highest BCUT2D eigenvalue weighted by molar-refractivity contribution is 6.33. The van der Waals surface area contributed by atoms with E-state index in [0.717, 1.165) is 0 Å². The number of hydrogen-bond donors (Lipinski definition) is 3. The number of fused-ring (bicyclic) bond motifs is 3. The van der Waals surface area contributed by atoms with Crippen LogP contribution in [0.5, 0.6) is 5.75 Å². The Morgan fingerprint density at radius 3 is 2.21 bits per heavy atom. The Bertz CT molecular complexity index is 1300. The zero-order valence-corrected chi connectivity index (χ0v) is 22.4. The average molecular weight is 527 g/mol. The number of carbonyl (C=O) groups excluding carboxylic acids is 6. The van der Waals surface area contributed by atoms with E-state index in [2.05, 4.69) is 0 Å². The van der Waals surface area contributed by atoms with Gasteiger partial charge in [0.15, 0.2) is 34.7 Å². The molecule has 0 radical (unpaired) electrons. The van der Waals surface area contributed by atoms with Crippen LogP contribution in [0, 0.1) is 28.6 Å². The van der Waals surface area contributed by atoms with Crippen molar-refractivity contribution in [1.82, 2.24) is 4.90 Å². The Labute approximate surface area is 220 Å². The number of Topliss-reactive ketones (excluding diaryl/α,β-unsaturated/α-hetero) is 5. The number of aromatic hydroxyl groups is 1. The van der Waals surface area contributed by atoms with E-state index < -0.39 is 75.2 Å². The Hall–Kier alpha value is -3.24. The molecule has 2 saturated carbocycles. The van der Waals surface area contributed by atoms with E-state index in [9.17, 15) is 39.0 Å². The highest BCUT2D eigenvalue weighted by Gasteiger charge is 2.80. The Morgan fingerprint density at radius 2 is 1.68 bits per heavy atom. The molecule has 1 amide bonds. The number of hydrogen-bond acceptors (Lipinski definition) is 9. The second-order valence-corrected chi connectivity index (χ2v) is 11.6. The van der Waals surface area contributed by atoms with Crippen molar-refractivity contribution in [2.45, 2.75) is 58.1 Å². The number of ketones is 5. The molecule has 4 rings (SSSR count). The van der Waals surface area contributed by atoms with Crippen molar-refractivity contribution in [1.29, 1.82) is 0 Å². The maximum atomic E-state index is 14.4. The van der Waals surface area contributed by atoms with Gasteiger partial charge in [0.05, 0.1) is 17.5 Å². The normalized spacial score (nSPS) is 38.5. The van der Waals surface area contributed by atoms with Gasteiger partial charge in [-0.15, -0.1) is 0 Å². The second-order valence-electron chi connectivity index (χ2n) is 11.6. The van der Waals surface area contributed by atoms with Gasteiger partial charge in [-0.3, -0.25) is 33.7 Å². The summed E-state index contributed by atoms with van der Waals surface area (Å²) >= 11 is 0. The first-order valence-electron chi connectivity index (χ1n) is 12.7. The van der Waals surface area contributed by atoms with E-state index in [1.54, 1.807) is 32.9 Å². The number of aliphatic hydroxyl groups is 1. The van der Waals surface area contributed by atoms with Gasteiger partial charge in [0.1, 0.15) is 11.5 Å². The lowest BCUT2D eigenvalue weighted by molar-refractivity contribution is -0.222. The van der Waals surface area contributed by atoms with Crippen molar-refractivity contribution in [3.05, 3.63) is 29.3 Å². The molecule has 0 heterocycles. The van der Waals surface area contributed by atoms with Crippen LogP contribution in [0.3, 0.4) is 0 Å². The van der Waals surface area contributed by atoms with Crippen LogP contribution >= 0.6 is 0 Å². The molecule has 0 bridgehead atoms. The number of nitrogens with two attached hydrogens (primary N) is 1. The van der Waals surface area contributed by atoms with Gasteiger partial charge in [0, 0.05) is 18.3 Å². The molecule has 10 heteroatoms. The number of nitrogens with zero attached hydrogens (tertiary/aromatic N) is 1. The fourth-order valence-corrected chi connectivity index (χ4v) is 7.91. The number of primary amides is 1. The Balaban J connectivity index is 2.15. The lowest BCUT2D eigenvalue weighted by Crippen LogP contribution is -2.83. The first-order valence-corrected chi connectivity index (χ1v) is 12.7. The molecule has 3 aliphatic rings. The molecule has 0 spiro atoms. The molecule has 38 heavy (non-hydrogen) atoms. The van der Waals surface area contributed by atoms with Crippen LogP contribution in [0.15, 0.2) is 18.2 Å². The van der Waals surface area contributed by atoms with Crippen LogP contribution in [0.1, 0.15) is 62.4 Å². The number of amides is 1. The molecular formula is C28H34N2O8. The molecule has 10 nitrogen and oxygen atoms in total. The zero-order chi connectivity index (χ0) is 28.7. The van der Waals surface area contributed by atoms with Crippen molar-refractivity contribution < 1.29 is 39.0 Å². The minimum atomic E-state index is -2.98. The Kier molecular flexibility index (Phi) is 6.32. The molecule has 2 unspecified atom stereocenters. The van der Waals surface area contributed by atoms with Crippen LogP contribution < -0.4 is 5.73 Å². The van der Waals surface area contributed by atoms with Crippen LogP contribution in [0.25, 0.3) is 0 Å². The van der Waals surface area contributed by atoms with E-state index >= 15 is 0 Å². The van der Waals surface area contributed by atoms with E-state index in [0.29, 0.717) is 5.56 Å². The first-order chi connectivity index (χ1) is 17.5. The molecular weight excluding hydrogens is 492 g/mol. The molecule has 8 atom stereocenters. The van der Waals surface area contributed by atoms with Crippen molar-refractivity contribution in [2.24, 2.45) is 34.3 Å². The van der Waals surface area contributed by atoms with E-state index in [4.69, 9.17) is 5.73 Å². The highest BCUT2D eigenvalue weighted by Crippen LogP contribution is 2.68. The van der Waals surface area contributed by atoms with E-state index in [-0.39, 0.29) is 29.9 Å². The number of carbonyl (C=O) groups is 6.